The number of carbonyl (C=O) groups is 1. The van der Waals surface area contributed by atoms with Crippen LogP contribution in [0.2, 0.25) is 5.02 Å². The lowest BCUT2D eigenvalue weighted by Crippen LogP contribution is -2.47. The number of pyridine rings is 1. The van der Waals surface area contributed by atoms with Crippen molar-refractivity contribution in [1.29, 1.82) is 0 Å². The van der Waals surface area contributed by atoms with Gasteiger partial charge < -0.3 is 29.8 Å². The van der Waals surface area contributed by atoms with E-state index in [2.05, 4.69) is 16.7 Å². The molecule has 1 fully saturated rings. The van der Waals surface area contributed by atoms with Crippen molar-refractivity contribution in [2.24, 2.45) is 14.1 Å². The highest BCUT2D eigenvalue weighted by atomic mass is 35.5. The van der Waals surface area contributed by atoms with Gasteiger partial charge in [-0.25, -0.2) is 9.78 Å². The van der Waals surface area contributed by atoms with E-state index >= 15 is 0 Å². The summed E-state index contributed by atoms with van der Waals surface area (Å²) in [5.74, 6) is -0.115. The van der Waals surface area contributed by atoms with Crippen molar-refractivity contribution in [2.75, 3.05) is 25.6 Å². The Morgan fingerprint density at radius 1 is 1.11 bits per heavy atom. The largest absolute Gasteiger partial charge is 0.481 e. The van der Waals surface area contributed by atoms with E-state index in [0.717, 1.165) is 57.3 Å². The molecule has 0 radical (unpaired) electrons. The van der Waals surface area contributed by atoms with Crippen molar-refractivity contribution >= 4 is 23.2 Å². The Hall–Kier alpha value is -4.29. The van der Waals surface area contributed by atoms with Crippen LogP contribution in [0.5, 0.6) is 5.88 Å². The Bertz CT molecular complexity index is 1950. The smallest absolute Gasteiger partial charge is 0.330 e. The van der Waals surface area contributed by atoms with Gasteiger partial charge >= 0.3 is 5.69 Å². The molecular weight excluding hydrogens is 610 g/mol. The Morgan fingerprint density at radius 2 is 1.85 bits per heavy atom. The quantitative estimate of drug-likeness (QED) is 0.276. The predicted octanol–water partition coefficient (Wildman–Crippen LogP) is 3.76. The maximum absolute atomic E-state index is 13.1. The van der Waals surface area contributed by atoms with E-state index < -0.39 is 23.3 Å². The van der Waals surface area contributed by atoms with Crippen molar-refractivity contribution < 1.29 is 19.4 Å². The van der Waals surface area contributed by atoms with Gasteiger partial charge in [0.1, 0.15) is 5.56 Å². The van der Waals surface area contributed by atoms with Crippen molar-refractivity contribution in [3.63, 3.8) is 0 Å². The molecule has 1 amide bonds. The lowest BCUT2D eigenvalue weighted by molar-refractivity contribution is -0.0304. The summed E-state index contributed by atoms with van der Waals surface area (Å²) in [6, 6.07) is 13.3. The second-order valence-electron chi connectivity index (χ2n) is 11.8. The number of aliphatic hydroxyl groups excluding tert-OH is 1. The number of ether oxygens (including phenoxy) is 2. The molecule has 46 heavy (non-hydrogen) atoms. The monoisotopic (exact) mass is 645 g/mol. The standard InChI is InChI=1S/C34H36ClN5O6/c1-18-20(22-9-6-10-26(30(22)35)37-31(42)23-16-39(2)34(44)40(3)33(23)43)7-5-8-21(18)27-15-19-11-12-25(29(19)32(38-27)45-4)36-24-13-14-46-17-28(24)41/h5-10,15-16,24-25,28,36,41H,11-14,17H2,1-4H3,(H,37,42)/t24-,25+,28+/m1/s1. The van der Waals surface area contributed by atoms with E-state index in [-0.39, 0.29) is 17.6 Å². The van der Waals surface area contributed by atoms with Crippen LogP contribution in [0.1, 0.15) is 45.9 Å². The summed E-state index contributed by atoms with van der Waals surface area (Å²) in [5, 5.41) is 17.1. The van der Waals surface area contributed by atoms with E-state index in [0.29, 0.717) is 35.4 Å². The number of aromatic nitrogens is 3. The molecular formula is C34H36ClN5O6. The number of hydrogen-bond acceptors (Lipinski definition) is 8. The summed E-state index contributed by atoms with van der Waals surface area (Å²) >= 11 is 6.88. The fourth-order valence-electron chi connectivity index (χ4n) is 6.44. The third kappa shape index (κ3) is 5.75. The molecule has 1 aliphatic heterocycles. The molecule has 0 spiro atoms. The molecule has 2 aromatic heterocycles. The number of nitrogens with one attached hydrogen (secondary N) is 2. The third-order valence-electron chi connectivity index (χ3n) is 8.93. The number of halogens is 1. The summed E-state index contributed by atoms with van der Waals surface area (Å²) in [7, 11) is 4.42. The number of rotatable bonds is 7. The van der Waals surface area contributed by atoms with Crippen LogP contribution in [0.15, 0.2) is 58.3 Å². The number of hydrogen-bond donors (Lipinski definition) is 3. The molecule has 3 heterocycles. The van der Waals surface area contributed by atoms with E-state index in [1.54, 1.807) is 19.2 Å². The molecule has 3 N–H and O–H groups in total. The van der Waals surface area contributed by atoms with Crippen LogP contribution < -0.4 is 26.6 Å². The van der Waals surface area contributed by atoms with Gasteiger partial charge in [-0.1, -0.05) is 41.9 Å². The highest BCUT2D eigenvalue weighted by Crippen LogP contribution is 2.42. The van der Waals surface area contributed by atoms with Crippen molar-refractivity contribution in [3.05, 3.63) is 96.8 Å². The van der Waals surface area contributed by atoms with Crippen molar-refractivity contribution in [1.82, 2.24) is 19.4 Å². The van der Waals surface area contributed by atoms with Gasteiger partial charge in [-0.15, -0.1) is 0 Å². The first-order chi connectivity index (χ1) is 22.1. The summed E-state index contributed by atoms with van der Waals surface area (Å²) in [6.07, 6.45) is 3.13. The molecule has 0 unspecified atom stereocenters. The average Bonchev–Trinajstić information content (AvgIpc) is 3.46. The van der Waals surface area contributed by atoms with Gasteiger partial charge in [-0.05, 0) is 55.0 Å². The molecule has 0 saturated carbocycles. The molecule has 2 aliphatic rings. The SMILES string of the molecule is COc1nc(-c2cccc(-c3cccc(NC(=O)c4cn(C)c(=O)n(C)c4=O)c3Cl)c2C)cc2c1[C@@H](N[C@@H]1CCOC[C@@H]1O)CC2. The minimum atomic E-state index is -0.697. The Kier molecular flexibility index (Phi) is 8.84. The average molecular weight is 646 g/mol. The van der Waals surface area contributed by atoms with Crippen LogP contribution >= 0.6 is 11.6 Å². The van der Waals surface area contributed by atoms with Gasteiger partial charge in [0.05, 0.1) is 36.2 Å². The number of aryl methyl sites for hydroxylation is 2. The zero-order chi connectivity index (χ0) is 32.7. The molecule has 240 valence electrons. The molecule has 4 aromatic rings. The number of anilines is 1. The number of aliphatic hydroxyl groups is 1. The topological polar surface area (TPSA) is 137 Å². The molecule has 3 atom stereocenters. The molecule has 0 bridgehead atoms. The highest BCUT2D eigenvalue weighted by Gasteiger charge is 2.33. The van der Waals surface area contributed by atoms with Crippen LogP contribution in [0.3, 0.4) is 0 Å². The number of amides is 1. The van der Waals surface area contributed by atoms with Crippen molar-refractivity contribution in [3.8, 4) is 28.3 Å². The van der Waals surface area contributed by atoms with Crippen LogP contribution in [0.25, 0.3) is 22.4 Å². The Morgan fingerprint density at radius 3 is 2.61 bits per heavy atom. The number of benzene rings is 2. The Balaban J connectivity index is 1.31. The fourth-order valence-corrected chi connectivity index (χ4v) is 6.71. The first-order valence-corrected chi connectivity index (χ1v) is 15.5. The maximum Gasteiger partial charge on any atom is 0.330 e. The van der Waals surface area contributed by atoms with Crippen LogP contribution in [0, 0.1) is 6.92 Å². The third-order valence-corrected chi connectivity index (χ3v) is 9.34. The van der Waals surface area contributed by atoms with Gasteiger partial charge in [0.2, 0.25) is 5.88 Å². The summed E-state index contributed by atoms with van der Waals surface area (Å²) in [4.78, 5) is 42.8. The molecule has 1 aliphatic carbocycles. The summed E-state index contributed by atoms with van der Waals surface area (Å²) in [5.41, 5.74) is 5.27. The van der Waals surface area contributed by atoms with E-state index in [4.69, 9.17) is 26.1 Å². The van der Waals surface area contributed by atoms with Gasteiger partial charge in [0, 0.05) is 55.7 Å². The van der Waals surface area contributed by atoms with Crippen LogP contribution in [-0.2, 0) is 25.3 Å². The fraction of sp³-hybridized carbons (Fsp3) is 0.353. The second-order valence-corrected chi connectivity index (χ2v) is 12.2. The number of fused-ring (bicyclic) bond motifs is 1. The van der Waals surface area contributed by atoms with E-state index in [9.17, 15) is 19.5 Å². The normalized spacial score (nSPS) is 19.1. The lowest BCUT2D eigenvalue weighted by atomic mass is 9.93. The minimum Gasteiger partial charge on any atom is -0.481 e. The maximum atomic E-state index is 13.1. The zero-order valence-electron chi connectivity index (χ0n) is 26.1. The van der Waals surface area contributed by atoms with Gasteiger partial charge in [0.25, 0.3) is 11.5 Å². The summed E-state index contributed by atoms with van der Waals surface area (Å²) in [6.45, 7) is 2.95. The van der Waals surface area contributed by atoms with Crippen LogP contribution in [0.4, 0.5) is 5.69 Å². The second kappa shape index (κ2) is 12.8. The minimum absolute atomic E-state index is 0.0226. The number of methoxy groups -OCH3 is 1. The molecule has 11 nitrogen and oxygen atoms in total. The highest BCUT2D eigenvalue weighted by molar-refractivity contribution is 6.36. The Labute approximate surface area is 270 Å². The number of nitrogens with zero attached hydrogens (tertiary/aromatic N) is 3. The van der Waals surface area contributed by atoms with Crippen molar-refractivity contribution in [2.45, 2.75) is 44.4 Å². The van der Waals surface area contributed by atoms with Crippen LogP contribution in [-0.4, -0.2) is 57.6 Å². The molecule has 12 heteroatoms. The van der Waals surface area contributed by atoms with Gasteiger partial charge in [0.15, 0.2) is 0 Å². The van der Waals surface area contributed by atoms with Gasteiger partial charge in [-0.2, -0.15) is 0 Å². The zero-order valence-corrected chi connectivity index (χ0v) is 26.9. The first kappa shape index (κ1) is 31.7. The summed E-state index contributed by atoms with van der Waals surface area (Å²) < 4.78 is 13.3. The van der Waals surface area contributed by atoms with E-state index in [1.807, 2.05) is 31.2 Å². The number of carbonyl (C=O) groups excluding carboxylic acids is 1. The molecule has 1 saturated heterocycles. The lowest BCUT2D eigenvalue weighted by Gasteiger charge is -2.31. The van der Waals surface area contributed by atoms with Gasteiger partial charge in [-0.3, -0.25) is 14.2 Å². The van der Waals surface area contributed by atoms with E-state index in [1.165, 1.54) is 24.9 Å². The molecule has 6 rings (SSSR count). The first-order valence-electron chi connectivity index (χ1n) is 15.2. The predicted molar refractivity (Wildman–Crippen MR) is 176 cm³/mol. The molecule has 2 aromatic carbocycles.